The molecule has 0 aliphatic carbocycles. The second-order valence-electron chi connectivity index (χ2n) is 4.03. The summed E-state index contributed by atoms with van der Waals surface area (Å²) in [6, 6.07) is 10.3. The van der Waals surface area contributed by atoms with Crippen molar-refractivity contribution in [2.75, 3.05) is 11.1 Å². The van der Waals surface area contributed by atoms with Crippen LogP contribution in [0.3, 0.4) is 0 Å². The van der Waals surface area contributed by atoms with Gasteiger partial charge in [0, 0.05) is 10.0 Å². The summed E-state index contributed by atoms with van der Waals surface area (Å²) in [6.07, 6.45) is 0. The number of nitrogens with two attached hydrogens (primary N) is 1. The summed E-state index contributed by atoms with van der Waals surface area (Å²) in [5.41, 5.74) is 6.94. The van der Waals surface area contributed by atoms with Gasteiger partial charge in [0.2, 0.25) is 0 Å². The number of rotatable bonds is 2. The largest absolute Gasteiger partial charge is 0.397 e. The maximum absolute atomic E-state index is 13.2. The Morgan fingerprint density at radius 1 is 1.30 bits per heavy atom. The second-order valence-corrected chi connectivity index (χ2v) is 4.94. The summed E-state index contributed by atoms with van der Waals surface area (Å²) in [5.74, 6) is -1.00. The molecule has 20 heavy (non-hydrogen) atoms. The van der Waals surface area contributed by atoms with Crippen LogP contribution >= 0.6 is 15.9 Å². The number of anilines is 2. The molecule has 0 aromatic heterocycles. The number of hydrogen-bond donors (Lipinski definition) is 2. The van der Waals surface area contributed by atoms with Crippen molar-refractivity contribution in [3.8, 4) is 6.07 Å². The Kier molecular flexibility index (Phi) is 4.01. The minimum absolute atomic E-state index is 0.167. The molecular weight excluding hydrogens is 325 g/mol. The van der Waals surface area contributed by atoms with Crippen molar-refractivity contribution in [2.45, 2.75) is 0 Å². The van der Waals surface area contributed by atoms with Crippen molar-refractivity contribution in [2.24, 2.45) is 0 Å². The van der Waals surface area contributed by atoms with Crippen molar-refractivity contribution in [1.29, 1.82) is 5.26 Å². The lowest BCUT2D eigenvalue weighted by Gasteiger charge is -2.08. The molecule has 2 rings (SSSR count). The number of carbonyl (C=O) groups is 1. The number of benzene rings is 2. The van der Waals surface area contributed by atoms with Gasteiger partial charge in [-0.2, -0.15) is 5.26 Å². The number of amides is 1. The summed E-state index contributed by atoms with van der Waals surface area (Å²) in [7, 11) is 0. The van der Waals surface area contributed by atoms with E-state index >= 15 is 0 Å². The fourth-order valence-electron chi connectivity index (χ4n) is 1.63. The van der Waals surface area contributed by atoms with Gasteiger partial charge in [0.25, 0.3) is 5.91 Å². The molecule has 0 atom stereocenters. The molecule has 3 N–H and O–H groups in total. The molecule has 2 aromatic rings. The van der Waals surface area contributed by atoms with E-state index in [4.69, 9.17) is 11.0 Å². The predicted molar refractivity (Wildman–Crippen MR) is 77.6 cm³/mol. The van der Waals surface area contributed by atoms with Gasteiger partial charge >= 0.3 is 0 Å². The van der Waals surface area contributed by atoms with Gasteiger partial charge in [-0.3, -0.25) is 4.79 Å². The van der Waals surface area contributed by atoms with E-state index in [2.05, 4.69) is 21.2 Å². The van der Waals surface area contributed by atoms with E-state index < -0.39 is 11.7 Å². The first-order valence-corrected chi connectivity index (χ1v) is 6.36. The number of nitriles is 1. The molecule has 0 heterocycles. The van der Waals surface area contributed by atoms with E-state index in [1.54, 1.807) is 0 Å². The van der Waals surface area contributed by atoms with Gasteiger partial charge in [0.05, 0.1) is 23.0 Å². The van der Waals surface area contributed by atoms with Crippen LogP contribution in [-0.2, 0) is 0 Å². The average Bonchev–Trinajstić information content (AvgIpc) is 2.39. The standard InChI is InChI=1S/C14H9BrFN3O/c15-10-4-9(5-11(16)6-10)14(20)19-13-2-1-8(7-17)3-12(13)18/h1-6H,18H2,(H,19,20). The van der Waals surface area contributed by atoms with Gasteiger partial charge in [-0.05, 0) is 36.4 Å². The molecule has 2 aromatic carbocycles. The van der Waals surface area contributed by atoms with Crippen molar-refractivity contribution < 1.29 is 9.18 Å². The fraction of sp³-hybridized carbons (Fsp3) is 0. The van der Waals surface area contributed by atoms with E-state index in [-0.39, 0.29) is 11.3 Å². The first-order valence-electron chi connectivity index (χ1n) is 5.56. The number of nitrogens with zero attached hydrogens (tertiary/aromatic N) is 1. The molecule has 0 bridgehead atoms. The number of nitrogen functional groups attached to an aromatic ring is 1. The monoisotopic (exact) mass is 333 g/mol. The molecule has 1 amide bonds. The summed E-state index contributed by atoms with van der Waals surface area (Å²) in [5, 5.41) is 11.3. The number of nitrogens with one attached hydrogen (secondary N) is 1. The van der Waals surface area contributed by atoms with Gasteiger partial charge in [-0.25, -0.2) is 4.39 Å². The Balaban J connectivity index is 2.26. The van der Waals surface area contributed by atoms with Crippen LogP contribution in [0.5, 0.6) is 0 Å². The van der Waals surface area contributed by atoms with E-state index in [0.717, 1.165) is 6.07 Å². The maximum Gasteiger partial charge on any atom is 0.255 e. The highest BCUT2D eigenvalue weighted by atomic mass is 79.9. The number of hydrogen-bond acceptors (Lipinski definition) is 3. The van der Waals surface area contributed by atoms with Gasteiger partial charge in [-0.15, -0.1) is 0 Å². The zero-order chi connectivity index (χ0) is 14.7. The Morgan fingerprint density at radius 3 is 2.65 bits per heavy atom. The fourth-order valence-corrected chi connectivity index (χ4v) is 2.09. The molecule has 0 unspecified atom stereocenters. The summed E-state index contributed by atoms with van der Waals surface area (Å²) in [6.45, 7) is 0. The van der Waals surface area contributed by atoms with Crippen molar-refractivity contribution >= 4 is 33.2 Å². The highest BCUT2D eigenvalue weighted by Gasteiger charge is 2.10. The quantitative estimate of drug-likeness (QED) is 0.827. The van der Waals surface area contributed by atoms with E-state index in [9.17, 15) is 9.18 Å². The van der Waals surface area contributed by atoms with Crippen LogP contribution in [0, 0.1) is 17.1 Å². The van der Waals surface area contributed by atoms with Gasteiger partial charge < -0.3 is 11.1 Å². The van der Waals surface area contributed by atoms with Crippen molar-refractivity contribution in [3.63, 3.8) is 0 Å². The number of halogens is 2. The van der Waals surface area contributed by atoms with Gasteiger partial charge in [0.15, 0.2) is 0 Å². The van der Waals surface area contributed by atoms with Crippen molar-refractivity contribution in [1.82, 2.24) is 0 Å². The summed E-state index contributed by atoms with van der Waals surface area (Å²) in [4.78, 5) is 12.0. The Hall–Kier alpha value is -2.39. The molecule has 4 nitrogen and oxygen atoms in total. The first kappa shape index (κ1) is 14.0. The van der Waals surface area contributed by atoms with E-state index in [0.29, 0.717) is 15.7 Å². The predicted octanol–water partition coefficient (Wildman–Crippen LogP) is 3.29. The van der Waals surface area contributed by atoms with E-state index in [1.165, 1.54) is 30.3 Å². The minimum Gasteiger partial charge on any atom is -0.397 e. The highest BCUT2D eigenvalue weighted by Crippen LogP contribution is 2.21. The van der Waals surface area contributed by atoms with Gasteiger partial charge in [-0.1, -0.05) is 15.9 Å². The Labute approximate surface area is 123 Å². The third kappa shape index (κ3) is 3.13. The molecule has 0 saturated carbocycles. The molecule has 0 aliphatic rings. The molecule has 0 aliphatic heterocycles. The maximum atomic E-state index is 13.2. The Bertz CT molecular complexity index is 705. The van der Waals surface area contributed by atoms with E-state index in [1.807, 2.05) is 6.07 Å². The summed E-state index contributed by atoms with van der Waals surface area (Å²) < 4.78 is 13.7. The second kappa shape index (κ2) is 5.72. The van der Waals surface area contributed by atoms with Crippen LogP contribution in [0.1, 0.15) is 15.9 Å². The van der Waals surface area contributed by atoms with Crippen LogP contribution in [0.15, 0.2) is 40.9 Å². The minimum atomic E-state index is -0.516. The topological polar surface area (TPSA) is 78.9 Å². The zero-order valence-corrected chi connectivity index (χ0v) is 11.7. The smallest absolute Gasteiger partial charge is 0.255 e. The Morgan fingerprint density at radius 2 is 2.05 bits per heavy atom. The molecule has 100 valence electrons. The van der Waals surface area contributed by atoms with Crippen LogP contribution in [0.4, 0.5) is 15.8 Å². The molecule has 0 radical (unpaired) electrons. The van der Waals surface area contributed by atoms with Gasteiger partial charge in [0.1, 0.15) is 5.82 Å². The molecule has 0 spiro atoms. The lowest BCUT2D eigenvalue weighted by Crippen LogP contribution is -2.13. The highest BCUT2D eigenvalue weighted by molar-refractivity contribution is 9.10. The van der Waals surface area contributed by atoms with Crippen molar-refractivity contribution in [3.05, 3.63) is 57.8 Å². The first-order chi connectivity index (χ1) is 9.49. The third-order valence-electron chi connectivity index (χ3n) is 2.55. The zero-order valence-electron chi connectivity index (χ0n) is 10.2. The molecule has 6 heteroatoms. The lowest BCUT2D eigenvalue weighted by molar-refractivity contribution is 0.102. The number of carbonyl (C=O) groups excluding carboxylic acids is 1. The van der Waals surface area contributed by atoms with Crippen LogP contribution in [0.2, 0.25) is 0 Å². The third-order valence-corrected chi connectivity index (χ3v) is 3.01. The normalized spacial score (nSPS) is 9.85. The van der Waals surface area contributed by atoms with Crippen LogP contribution in [-0.4, -0.2) is 5.91 Å². The molecular formula is C14H9BrFN3O. The SMILES string of the molecule is N#Cc1ccc(NC(=O)c2cc(F)cc(Br)c2)c(N)c1. The molecule has 0 fully saturated rings. The van der Waals surface area contributed by atoms with Crippen LogP contribution in [0.25, 0.3) is 0 Å². The van der Waals surface area contributed by atoms with Crippen LogP contribution < -0.4 is 11.1 Å². The summed E-state index contributed by atoms with van der Waals surface area (Å²) >= 11 is 3.12. The molecule has 0 saturated heterocycles. The lowest BCUT2D eigenvalue weighted by atomic mass is 10.1. The average molecular weight is 334 g/mol.